The number of para-hydroxylation sites is 1. The number of rotatable bonds is 2. The van der Waals surface area contributed by atoms with Gasteiger partial charge in [-0.2, -0.15) is 4.98 Å². The number of piperazine rings is 1. The molecule has 4 rings (SSSR count). The van der Waals surface area contributed by atoms with Gasteiger partial charge < -0.3 is 9.80 Å². The van der Waals surface area contributed by atoms with Crippen molar-refractivity contribution < 1.29 is 4.79 Å². The summed E-state index contributed by atoms with van der Waals surface area (Å²) in [5, 5.41) is 4.36. The molecule has 2 aromatic heterocycles. The molecule has 1 fully saturated rings. The van der Waals surface area contributed by atoms with E-state index < -0.39 is 0 Å². The number of carbonyl (C=O) groups is 1. The molecule has 0 atom stereocenters. The fraction of sp³-hybridized carbons (Fsp3) is 0.368. The Kier molecular flexibility index (Phi) is 4.06. The van der Waals surface area contributed by atoms with Gasteiger partial charge in [-0.1, -0.05) is 18.2 Å². The Bertz CT molecular complexity index is 971. The third-order valence-corrected chi connectivity index (χ3v) is 4.83. The molecule has 134 valence electrons. The molecule has 3 heterocycles. The Morgan fingerprint density at radius 2 is 1.73 bits per heavy atom. The van der Waals surface area contributed by atoms with Crippen LogP contribution in [-0.2, 0) is 0 Å². The summed E-state index contributed by atoms with van der Waals surface area (Å²) in [4.78, 5) is 25.7. The number of hydrogen-bond donors (Lipinski definition) is 0. The molecule has 1 amide bonds. The smallest absolute Gasteiger partial charge is 0.293 e. The highest BCUT2D eigenvalue weighted by Crippen LogP contribution is 2.21. The third kappa shape index (κ3) is 2.89. The van der Waals surface area contributed by atoms with Gasteiger partial charge in [0.2, 0.25) is 5.82 Å². The van der Waals surface area contributed by atoms with Crippen LogP contribution in [0.25, 0.3) is 5.78 Å². The summed E-state index contributed by atoms with van der Waals surface area (Å²) in [6.07, 6.45) is 0. The monoisotopic (exact) mass is 350 g/mol. The molecule has 0 N–H and O–H groups in total. The Morgan fingerprint density at radius 3 is 2.46 bits per heavy atom. The van der Waals surface area contributed by atoms with E-state index in [0.29, 0.717) is 18.9 Å². The molecule has 26 heavy (non-hydrogen) atoms. The van der Waals surface area contributed by atoms with Crippen molar-refractivity contribution >= 4 is 17.4 Å². The lowest BCUT2D eigenvalue weighted by Crippen LogP contribution is -2.49. The zero-order chi connectivity index (χ0) is 18.3. The summed E-state index contributed by atoms with van der Waals surface area (Å²) in [6.45, 7) is 8.90. The van der Waals surface area contributed by atoms with Crippen LogP contribution in [0.5, 0.6) is 0 Å². The highest BCUT2D eigenvalue weighted by molar-refractivity contribution is 5.91. The zero-order valence-electron chi connectivity index (χ0n) is 15.3. The molecule has 0 saturated carbocycles. The topological polar surface area (TPSA) is 66.6 Å². The number of benzene rings is 1. The number of amides is 1. The quantitative estimate of drug-likeness (QED) is 0.707. The molecule has 3 aromatic rings. The molecule has 1 aliphatic heterocycles. The van der Waals surface area contributed by atoms with E-state index in [0.717, 1.165) is 24.5 Å². The van der Waals surface area contributed by atoms with Gasteiger partial charge in [-0.3, -0.25) is 4.79 Å². The van der Waals surface area contributed by atoms with Gasteiger partial charge in [-0.25, -0.2) is 9.50 Å². The summed E-state index contributed by atoms with van der Waals surface area (Å²) >= 11 is 0. The number of aromatic nitrogens is 4. The van der Waals surface area contributed by atoms with Crippen molar-refractivity contribution in [3.8, 4) is 0 Å². The first-order chi connectivity index (χ1) is 12.5. The van der Waals surface area contributed by atoms with Gasteiger partial charge in [0.05, 0.1) is 0 Å². The molecule has 0 radical (unpaired) electrons. The summed E-state index contributed by atoms with van der Waals surface area (Å²) < 4.78 is 1.63. The van der Waals surface area contributed by atoms with Crippen LogP contribution >= 0.6 is 0 Å². The predicted octanol–water partition coefficient (Wildman–Crippen LogP) is 2.01. The summed E-state index contributed by atoms with van der Waals surface area (Å²) in [5.41, 5.74) is 4.28. The first-order valence-corrected chi connectivity index (χ1v) is 8.84. The largest absolute Gasteiger partial charge is 0.368 e. The van der Waals surface area contributed by atoms with Gasteiger partial charge in [0.25, 0.3) is 11.7 Å². The van der Waals surface area contributed by atoms with Crippen LogP contribution < -0.4 is 4.90 Å². The molecule has 1 aliphatic rings. The van der Waals surface area contributed by atoms with Crippen molar-refractivity contribution in [3.05, 3.63) is 53.1 Å². The average Bonchev–Trinajstić information content (AvgIpc) is 3.06. The number of carbonyl (C=O) groups excluding carboxylic acids is 1. The predicted molar refractivity (Wildman–Crippen MR) is 99.6 cm³/mol. The van der Waals surface area contributed by atoms with Gasteiger partial charge in [0.1, 0.15) is 0 Å². The second-order valence-electron chi connectivity index (χ2n) is 6.75. The van der Waals surface area contributed by atoms with E-state index in [1.54, 1.807) is 4.52 Å². The molecule has 0 unspecified atom stereocenters. The molecule has 7 nitrogen and oxygen atoms in total. The number of nitrogens with zero attached hydrogens (tertiary/aromatic N) is 6. The van der Waals surface area contributed by atoms with Crippen molar-refractivity contribution in [2.75, 3.05) is 31.1 Å². The highest BCUT2D eigenvalue weighted by atomic mass is 16.2. The lowest BCUT2D eigenvalue weighted by molar-refractivity contribution is 0.0734. The van der Waals surface area contributed by atoms with Crippen molar-refractivity contribution in [1.29, 1.82) is 0 Å². The van der Waals surface area contributed by atoms with Crippen LogP contribution in [0.2, 0.25) is 0 Å². The van der Waals surface area contributed by atoms with Crippen molar-refractivity contribution in [2.24, 2.45) is 0 Å². The summed E-state index contributed by atoms with van der Waals surface area (Å²) in [7, 11) is 0. The van der Waals surface area contributed by atoms with E-state index in [1.165, 1.54) is 11.3 Å². The van der Waals surface area contributed by atoms with Gasteiger partial charge >= 0.3 is 0 Å². The maximum atomic E-state index is 12.8. The first-order valence-electron chi connectivity index (χ1n) is 8.84. The van der Waals surface area contributed by atoms with Crippen LogP contribution in [0.3, 0.4) is 0 Å². The van der Waals surface area contributed by atoms with E-state index in [4.69, 9.17) is 0 Å². The first kappa shape index (κ1) is 16.5. The zero-order valence-corrected chi connectivity index (χ0v) is 15.3. The van der Waals surface area contributed by atoms with Crippen molar-refractivity contribution in [1.82, 2.24) is 24.5 Å². The molecular weight excluding hydrogens is 328 g/mol. The molecule has 1 saturated heterocycles. The number of anilines is 1. The molecule has 1 aromatic carbocycles. The Balaban J connectivity index is 1.50. The van der Waals surface area contributed by atoms with E-state index in [2.05, 4.69) is 45.1 Å². The maximum absolute atomic E-state index is 12.8. The average molecular weight is 350 g/mol. The normalized spacial score (nSPS) is 14.9. The summed E-state index contributed by atoms with van der Waals surface area (Å²) in [6, 6.07) is 10.3. The molecular formula is C19H22N6O. The SMILES string of the molecule is Cc1cc(C)n2nc(C(=O)N3CCN(c4ccccc4C)CC3)nc2n1. The van der Waals surface area contributed by atoms with Crippen LogP contribution in [0, 0.1) is 20.8 Å². The molecule has 7 heteroatoms. The Hall–Kier alpha value is -2.96. The lowest BCUT2D eigenvalue weighted by Gasteiger charge is -2.36. The van der Waals surface area contributed by atoms with Crippen LogP contribution in [0.1, 0.15) is 27.6 Å². The minimum Gasteiger partial charge on any atom is -0.368 e. The van der Waals surface area contributed by atoms with Crippen LogP contribution in [-0.4, -0.2) is 56.6 Å². The van der Waals surface area contributed by atoms with Gasteiger partial charge in [-0.05, 0) is 38.5 Å². The van der Waals surface area contributed by atoms with Gasteiger partial charge in [0, 0.05) is 43.3 Å². The van der Waals surface area contributed by atoms with Crippen molar-refractivity contribution in [2.45, 2.75) is 20.8 Å². The Morgan fingerprint density at radius 1 is 1.00 bits per heavy atom. The second kappa shape index (κ2) is 6.40. The lowest BCUT2D eigenvalue weighted by atomic mass is 10.1. The summed E-state index contributed by atoms with van der Waals surface area (Å²) in [5.74, 6) is 0.567. The van der Waals surface area contributed by atoms with Gasteiger partial charge in [-0.15, -0.1) is 5.10 Å². The van der Waals surface area contributed by atoms with Crippen LogP contribution in [0.4, 0.5) is 5.69 Å². The van der Waals surface area contributed by atoms with Crippen molar-refractivity contribution in [3.63, 3.8) is 0 Å². The Labute approximate surface area is 152 Å². The molecule has 0 aliphatic carbocycles. The van der Waals surface area contributed by atoms with E-state index in [-0.39, 0.29) is 11.7 Å². The highest BCUT2D eigenvalue weighted by Gasteiger charge is 2.26. The standard InChI is InChI=1S/C19H22N6O/c1-13-6-4-5-7-16(13)23-8-10-24(11-9-23)18(26)17-21-19-20-14(2)12-15(3)25(19)22-17/h4-7,12H,8-11H2,1-3H3. The van der Waals surface area contributed by atoms with Gasteiger partial charge in [0.15, 0.2) is 0 Å². The minimum atomic E-state index is -0.128. The number of fused-ring (bicyclic) bond motifs is 1. The maximum Gasteiger partial charge on any atom is 0.293 e. The van der Waals surface area contributed by atoms with Crippen LogP contribution in [0.15, 0.2) is 30.3 Å². The molecule has 0 bridgehead atoms. The third-order valence-electron chi connectivity index (χ3n) is 4.83. The fourth-order valence-electron chi connectivity index (χ4n) is 3.47. The molecule has 0 spiro atoms. The second-order valence-corrected chi connectivity index (χ2v) is 6.75. The fourth-order valence-corrected chi connectivity index (χ4v) is 3.47. The minimum absolute atomic E-state index is 0.128. The van der Waals surface area contributed by atoms with E-state index in [9.17, 15) is 4.79 Å². The van der Waals surface area contributed by atoms with E-state index >= 15 is 0 Å². The number of hydrogen-bond acceptors (Lipinski definition) is 5. The number of aryl methyl sites for hydroxylation is 3. The van der Waals surface area contributed by atoms with E-state index in [1.807, 2.05) is 30.9 Å².